The number of benzene rings is 1. The lowest BCUT2D eigenvalue weighted by atomic mass is 10.2. The van der Waals surface area contributed by atoms with Crippen molar-refractivity contribution in [3.05, 3.63) is 64.0 Å². The summed E-state index contributed by atoms with van der Waals surface area (Å²) >= 11 is 11.3. The highest BCUT2D eigenvalue weighted by Crippen LogP contribution is 2.15. The number of aromatic nitrogens is 4. The maximum Gasteiger partial charge on any atom is 0.216 e. The molecule has 3 rings (SSSR count). The molecule has 0 fully saturated rings. The van der Waals surface area contributed by atoms with E-state index in [0.29, 0.717) is 21.3 Å². The summed E-state index contributed by atoms with van der Waals surface area (Å²) in [6.45, 7) is 0. The molecule has 2 aromatic heterocycles. The molecule has 0 aliphatic rings. The summed E-state index contributed by atoms with van der Waals surface area (Å²) < 4.78 is 1.90. The second-order valence-corrected chi connectivity index (χ2v) is 4.94. The Morgan fingerprint density at radius 3 is 2.76 bits per heavy atom. The average Bonchev–Trinajstić information content (AvgIpc) is 2.88. The van der Waals surface area contributed by atoms with Gasteiger partial charge in [0.05, 0.1) is 6.21 Å². The van der Waals surface area contributed by atoms with Crippen LogP contribution in [-0.4, -0.2) is 26.1 Å². The van der Waals surface area contributed by atoms with Crippen LogP contribution in [0.2, 0.25) is 5.02 Å². The molecule has 0 unspecified atom stereocenters. The van der Waals surface area contributed by atoms with Crippen molar-refractivity contribution in [1.29, 1.82) is 0 Å². The number of H-pyrrole nitrogens is 1. The maximum atomic E-state index is 6.10. The lowest BCUT2D eigenvalue weighted by molar-refractivity contribution is 0.867. The molecular formula is C14H10ClN5S. The first-order chi connectivity index (χ1) is 10.3. The van der Waals surface area contributed by atoms with Crippen LogP contribution in [0.15, 0.2) is 53.8 Å². The smallest absolute Gasteiger partial charge is 0.216 e. The number of aromatic amines is 1. The fourth-order valence-corrected chi connectivity index (χ4v) is 2.12. The molecule has 0 aliphatic heterocycles. The molecule has 0 bridgehead atoms. The fourth-order valence-electron chi connectivity index (χ4n) is 1.76. The Morgan fingerprint density at radius 2 is 2.00 bits per heavy atom. The van der Waals surface area contributed by atoms with Gasteiger partial charge < -0.3 is 0 Å². The summed E-state index contributed by atoms with van der Waals surface area (Å²) in [5.74, 6) is 0.545. The molecule has 1 N–H and O–H groups in total. The van der Waals surface area contributed by atoms with Crippen LogP contribution in [0.1, 0.15) is 5.56 Å². The van der Waals surface area contributed by atoms with E-state index in [1.807, 2.05) is 36.4 Å². The standard InChI is InChI=1S/C14H10ClN5S/c15-11-6-2-1-5-10(11)9-17-20-13(18-19-14(20)21)12-7-3-4-8-16-12/h1-9H,(H,19,21)/b17-9-. The largest absolute Gasteiger partial charge is 0.253 e. The van der Waals surface area contributed by atoms with Crippen LogP contribution in [-0.2, 0) is 0 Å². The minimum atomic E-state index is 0.388. The molecule has 3 aromatic rings. The lowest BCUT2D eigenvalue weighted by Crippen LogP contribution is -1.96. The van der Waals surface area contributed by atoms with Crippen molar-refractivity contribution in [3.63, 3.8) is 0 Å². The van der Waals surface area contributed by atoms with Gasteiger partial charge in [0.2, 0.25) is 10.6 Å². The minimum absolute atomic E-state index is 0.388. The van der Waals surface area contributed by atoms with Crippen molar-refractivity contribution in [1.82, 2.24) is 19.9 Å². The highest BCUT2D eigenvalue weighted by atomic mass is 35.5. The van der Waals surface area contributed by atoms with Gasteiger partial charge in [0.15, 0.2) is 0 Å². The summed E-state index contributed by atoms with van der Waals surface area (Å²) in [7, 11) is 0. The van der Waals surface area contributed by atoms with Gasteiger partial charge in [-0.05, 0) is 30.4 Å². The lowest BCUT2D eigenvalue weighted by Gasteiger charge is -2.00. The van der Waals surface area contributed by atoms with Crippen LogP contribution in [0.5, 0.6) is 0 Å². The predicted molar refractivity (Wildman–Crippen MR) is 85.1 cm³/mol. The molecule has 0 amide bonds. The van der Waals surface area contributed by atoms with Gasteiger partial charge >= 0.3 is 0 Å². The number of rotatable bonds is 3. The van der Waals surface area contributed by atoms with Gasteiger partial charge in [-0.3, -0.25) is 4.98 Å². The Morgan fingerprint density at radius 1 is 1.19 bits per heavy atom. The average molecular weight is 316 g/mol. The Balaban J connectivity index is 2.02. The molecule has 0 saturated carbocycles. The van der Waals surface area contributed by atoms with Crippen LogP contribution in [0.25, 0.3) is 11.5 Å². The van der Waals surface area contributed by atoms with Gasteiger partial charge in [-0.15, -0.1) is 0 Å². The zero-order chi connectivity index (χ0) is 14.7. The zero-order valence-corrected chi connectivity index (χ0v) is 12.3. The molecule has 1 aromatic carbocycles. The molecule has 0 radical (unpaired) electrons. The third-order valence-electron chi connectivity index (χ3n) is 2.76. The van der Waals surface area contributed by atoms with Gasteiger partial charge in [0.1, 0.15) is 5.69 Å². The second kappa shape index (κ2) is 5.99. The molecule has 2 heterocycles. The molecule has 0 spiro atoms. The van der Waals surface area contributed by atoms with Crippen LogP contribution in [0, 0.1) is 4.77 Å². The summed E-state index contributed by atoms with van der Waals surface area (Å²) in [6.07, 6.45) is 3.33. The van der Waals surface area contributed by atoms with E-state index in [2.05, 4.69) is 20.3 Å². The van der Waals surface area contributed by atoms with E-state index >= 15 is 0 Å². The maximum absolute atomic E-state index is 6.10. The minimum Gasteiger partial charge on any atom is -0.253 e. The fraction of sp³-hybridized carbons (Fsp3) is 0. The number of hydrogen-bond acceptors (Lipinski definition) is 4. The van der Waals surface area contributed by atoms with Gasteiger partial charge in [0.25, 0.3) is 0 Å². The third kappa shape index (κ3) is 2.91. The first kappa shape index (κ1) is 13.7. The normalized spacial score (nSPS) is 11.1. The molecule has 7 heteroatoms. The quantitative estimate of drug-likeness (QED) is 0.594. The first-order valence-corrected chi connectivity index (χ1v) is 6.92. The van der Waals surface area contributed by atoms with Crippen molar-refractivity contribution < 1.29 is 0 Å². The molecule has 0 atom stereocenters. The monoisotopic (exact) mass is 315 g/mol. The highest BCUT2D eigenvalue weighted by Gasteiger charge is 2.08. The molecule has 5 nitrogen and oxygen atoms in total. The van der Waals surface area contributed by atoms with E-state index in [-0.39, 0.29) is 0 Å². The number of hydrogen-bond donors (Lipinski definition) is 1. The zero-order valence-electron chi connectivity index (χ0n) is 10.8. The summed E-state index contributed by atoms with van der Waals surface area (Å²) in [4.78, 5) is 4.25. The Hall–Kier alpha value is -2.31. The molecule has 0 saturated heterocycles. The van der Waals surface area contributed by atoms with Crippen LogP contribution in [0.4, 0.5) is 0 Å². The van der Waals surface area contributed by atoms with Crippen LogP contribution >= 0.6 is 23.8 Å². The number of pyridine rings is 1. The van der Waals surface area contributed by atoms with Crippen molar-refractivity contribution in [2.45, 2.75) is 0 Å². The van der Waals surface area contributed by atoms with Crippen molar-refractivity contribution in [3.8, 4) is 11.5 Å². The van der Waals surface area contributed by atoms with Gasteiger partial charge in [-0.25, -0.2) is 5.10 Å². The summed E-state index contributed by atoms with van der Waals surface area (Å²) in [5.41, 5.74) is 1.48. The highest BCUT2D eigenvalue weighted by molar-refractivity contribution is 7.71. The summed E-state index contributed by atoms with van der Waals surface area (Å²) in [5, 5.41) is 11.8. The topological polar surface area (TPSA) is 58.9 Å². The van der Waals surface area contributed by atoms with E-state index in [1.165, 1.54) is 4.68 Å². The molecular weight excluding hydrogens is 306 g/mol. The van der Waals surface area contributed by atoms with Gasteiger partial charge in [0, 0.05) is 16.8 Å². The molecule has 21 heavy (non-hydrogen) atoms. The second-order valence-electron chi connectivity index (χ2n) is 4.15. The van der Waals surface area contributed by atoms with E-state index in [4.69, 9.17) is 23.8 Å². The summed E-state index contributed by atoms with van der Waals surface area (Å²) in [6, 6.07) is 13.0. The Labute approximate surface area is 130 Å². The number of nitrogens with one attached hydrogen (secondary N) is 1. The number of nitrogens with zero attached hydrogens (tertiary/aromatic N) is 4. The van der Waals surface area contributed by atoms with Crippen molar-refractivity contribution in [2.75, 3.05) is 0 Å². The van der Waals surface area contributed by atoms with E-state index in [9.17, 15) is 0 Å². The van der Waals surface area contributed by atoms with E-state index in [1.54, 1.807) is 18.5 Å². The Kier molecular flexibility index (Phi) is 3.89. The van der Waals surface area contributed by atoms with E-state index < -0.39 is 0 Å². The van der Waals surface area contributed by atoms with E-state index in [0.717, 1.165) is 5.56 Å². The first-order valence-electron chi connectivity index (χ1n) is 6.13. The van der Waals surface area contributed by atoms with Crippen LogP contribution in [0.3, 0.4) is 0 Å². The van der Waals surface area contributed by atoms with Crippen LogP contribution < -0.4 is 0 Å². The molecule has 104 valence electrons. The number of halogens is 1. The third-order valence-corrected chi connectivity index (χ3v) is 3.37. The van der Waals surface area contributed by atoms with Gasteiger partial charge in [-0.1, -0.05) is 35.9 Å². The van der Waals surface area contributed by atoms with Crippen molar-refractivity contribution >= 4 is 30.0 Å². The van der Waals surface area contributed by atoms with Crippen molar-refractivity contribution in [2.24, 2.45) is 5.10 Å². The predicted octanol–water partition coefficient (Wildman–Crippen LogP) is 3.54. The SMILES string of the molecule is S=c1[nH]nc(-c2ccccn2)n1/N=C\c1ccccc1Cl. The Bertz CT molecular complexity index is 838. The van der Waals surface area contributed by atoms with Gasteiger partial charge in [-0.2, -0.15) is 14.9 Å². The molecule has 0 aliphatic carbocycles.